The highest BCUT2D eigenvalue weighted by atomic mass is 35.5. The van der Waals surface area contributed by atoms with Gasteiger partial charge in [0.2, 0.25) is 0 Å². The van der Waals surface area contributed by atoms with Gasteiger partial charge in [-0.3, -0.25) is 4.90 Å². The Balaban J connectivity index is 1.44. The number of aromatic amines is 1. The highest BCUT2D eigenvalue weighted by Gasteiger charge is 2.16. The molecule has 0 spiro atoms. The summed E-state index contributed by atoms with van der Waals surface area (Å²) < 4.78 is 13.9. The smallest absolute Gasteiger partial charge is 0.137 e. The summed E-state index contributed by atoms with van der Waals surface area (Å²) in [5.74, 6) is -0.216. The van der Waals surface area contributed by atoms with Crippen LogP contribution in [-0.2, 0) is 6.42 Å². The first kappa shape index (κ1) is 16.3. The molecule has 0 unspecified atom stereocenters. The summed E-state index contributed by atoms with van der Waals surface area (Å²) >= 11 is 6.11. The normalized spacial score (nSPS) is 15.5. The second-order valence-electron chi connectivity index (χ2n) is 6.33. The summed E-state index contributed by atoms with van der Waals surface area (Å²) in [6, 6.07) is 8.93. The van der Waals surface area contributed by atoms with Crippen LogP contribution in [0.15, 0.2) is 48.8 Å². The third kappa shape index (κ3) is 3.32. The first-order valence-electron chi connectivity index (χ1n) is 8.49. The molecule has 0 saturated heterocycles. The SMILES string of the molecule is Fc1cccc(Cl)c1CCN1CC=C(c2c[nH]c3ncccc23)CC1. The van der Waals surface area contributed by atoms with E-state index in [1.165, 1.54) is 22.6 Å². The summed E-state index contributed by atoms with van der Waals surface area (Å²) in [5, 5.41) is 1.68. The van der Waals surface area contributed by atoms with Crippen LogP contribution in [0.25, 0.3) is 16.6 Å². The standard InChI is InChI=1S/C20H19ClFN3/c21-18-4-1-5-19(22)16(18)8-12-25-10-6-14(7-11-25)17-13-24-20-15(17)3-2-9-23-20/h1-6,9,13H,7-8,10-12H2,(H,23,24). The van der Waals surface area contributed by atoms with Gasteiger partial charge in [-0.25, -0.2) is 9.37 Å². The minimum Gasteiger partial charge on any atom is -0.346 e. The van der Waals surface area contributed by atoms with Crippen LogP contribution in [0.4, 0.5) is 4.39 Å². The Morgan fingerprint density at radius 1 is 1.24 bits per heavy atom. The minimum absolute atomic E-state index is 0.216. The van der Waals surface area contributed by atoms with Gasteiger partial charge in [-0.15, -0.1) is 0 Å². The molecule has 2 aromatic heterocycles. The molecule has 1 N–H and O–H groups in total. The minimum atomic E-state index is -0.216. The van der Waals surface area contributed by atoms with E-state index in [4.69, 9.17) is 11.6 Å². The average molecular weight is 356 g/mol. The van der Waals surface area contributed by atoms with Crippen LogP contribution in [0.2, 0.25) is 5.02 Å². The number of nitrogens with zero attached hydrogens (tertiary/aromatic N) is 2. The fourth-order valence-electron chi connectivity index (χ4n) is 3.42. The van der Waals surface area contributed by atoms with Gasteiger partial charge >= 0.3 is 0 Å². The maximum atomic E-state index is 13.9. The Kier molecular flexibility index (Phi) is 4.55. The molecule has 0 amide bonds. The van der Waals surface area contributed by atoms with Crippen molar-refractivity contribution in [2.24, 2.45) is 0 Å². The third-order valence-corrected chi connectivity index (χ3v) is 5.18. The van der Waals surface area contributed by atoms with E-state index in [-0.39, 0.29) is 5.82 Å². The van der Waals surface area contributed by atoms with Crippen molar-refractivity contribution < 1.29 is 4.39 Å². The quantitative estimate of drug-likeness (QED) is 0.736. The number of H-pyrrole nitrogens is 1. The van der Waals surface area contributed by atoms with Crippen molar-refractivity contribution in [2.75, 3.05) is 19.6 Å². The van der Waals surface area contributed by atoms with Crippen LogP contribution in [0.5, 0.6) is 0 Å². The first-order chi connectivity index (χ1) is 12.2. The van der Waals surface area contributed by atoms with E-state index in [0.717, 1.165) is 31.7 Å². The maximum absolute atomic E-state index is 13.9. The molecule has 3 nitrogen and oxygen atoms in total. The average Bonchev–Trinajstić information content (AvgIpc) is 3.06. The molecule has 0 aliphatic carbocycles. The molecule has 4 rings (SSSR count). The molecule has 5 heteroatoms. The van der Waals surface area contributed by atoms with Crippen LogP contribution >= 0.6 is 11.6 Å². The van der Waals surface area contributed by atoms with Crippen molar-refractivity contribution in [2.45, 2.75) is 12.8 Å². The van der Waals surface area contributed by atoms with E-state index >= 15 is 0 Å². The molecule has 1 aliphatic heterocycles. The zero-order valence-electron chi connectivity index (χ0n) is 13.8. The van der Waals surface area contributed by atoms with Crippen LogP contribution in [0.3, 0.4) is 0 Å². The Bertz CT molecular complexity index is 911. The zero-order chi connectivity index (χ0) is 17.2. The summed E-state index contributed by atoms with van der Waals surface area (Å²) in [7, 11) is 0. The topological polar surface area (TPSA) is 31.9 Å². The number of rotatable bonds is 4. The molecule has 25 heavy (non-hydrogen) atoms. The number of benzene rings is 1. The molecule has 128 valence electrons. The summed E-state index contributed by atoms with van der Waals surface area (Å²) in [4.78, 5) is 9.92. The molecule has 0 fully saturated rings. The predicted molar refractivity (Wildman–Crippen MR) is 100 cm³/mol. The van der Waals surface area contributed by atoms with E-state index < -0.39 is 0 Å². The van der Waals surface area contributed by atoms with Gasteiger partial charge in [0.15, 0.2) is 0 Å². The monoisotopic (exact) mass is 355 g/mol. The number of nitrogens with one attached hydrogen (secondary N) is 1. The lowest BCUT2D eigenvalue weighted by atomic mass is 9.99. The van der Waals surface area contributed by atoms with Crippen LogP contribution < -0.4 is 0 Å². The van der Waals surface area contributed by atoms with Crippen LogP contribution in [-0.4, -0.2) is 34.5 Å². The van der Waals surface area contributed by atoms with Gasteiger partial charge in [-0.2, -0.15) is 0 Å². The van der Waals surface area contributed by atoms with E-state index in [1.807, 2.05) is 12.3 Å². The van der Waals surface area contributed by atoms with Gasteiger partial charge in [0.05, 0.1) is 0 Å². The molecule has 3 heterocycles. The van der Waals surface area contributed by atoms with Crippen LogP contribution in [0.1, 0.15) is 17.5 Å². The largest absolute Gasteiger partial charge is 0.346 e. The lowest BCUT2D eigenvalue weighted by molar-refractivity contribution is 0.304. The fourth-order valence-corrected chi connectivity index (χ4v) is 3.68. The van der Waals surface area contributed by atoms with Gasteiger partial charge < -0.3 is 4.98 Å². The van der Waals surface area contributed by atoms with Gasteiger partial charge in [0.1, 0.15) is 11.5 Å². The highest BCUT2D eigenvalue weighted by Crippen LogP contribution is 2.28. The Morgan fingerprint density at radius 2 is 2.16 bits per heavy atom. The second-order valence-corrected chi connectivity index (χ2v) is 6.74. The lowest BCUT2D eigenvalue weighted by Gasteiger charge is -2.26. The molecule has 3 aromatic rings. The number of halogens is 2. The molecular weight excluding hydrogens is 337 g/mol. The van der Waals surface area contributed by atoms with Crippen molar-refractivity contribution in [1.29, 1.82) is 0 Å². The number of pyridine rings is 1. The van der Waals surface area contributed by atoms with Gasteiger partial charge in [0, 0.05) is 53.6 Å². The molecule has 0 radical (unpaired) electrons. The van der Waals surface area contributed by atoms with E-state index in [9.17, 15) is 4.39 Å². The molecular formula is C20H19ClFN3. The summed E-state index contributed by atoms with van der Waals surface area (Å²) in [6.07, 6.45) is 7.71. The second kappa shape index (κ2) is 6.98. The van der Waals surface area contributed by atoms with Gasteiger partial charge in [-0.05, 0) is 42.7 Å². The van der Waals surface area contributed by atoms with E-state index in [0.29, 0.717) is 17.0 Å². The Morgan fingerprint density at radius 3 is 2.96 bits per heavy atom. The van der Waals surface area contributed by atoms with Crippen molar-refractivity contribution in [3.05, 3.63) is 70.8 Å². The maximum Gasteiger partial charge on any atom is 0.137 e. The predicted octanol–water partition coefficient (Wildman–Crippen LogP) is 4.69. The van der Waals surface area contributed by atoms with Crippen LogP contribution in [0, 0.1) is 5.82 Å². The zero-order valence-corrected chi connectivity index (χ0v) is 14.6. The molecule has 0 bridgehead atoms. The van der Waals surface area contributed by atoms with E-state index in [2.05, 4.69) is 27.0 Å². The van der Waals surface area contributed by atoms with Crippen molar-refractivity contribution >= 4 is 28.2 Å². The first-order valence-corrected chi connectivity index (χ1v) is 8.87. The number of hydrogen-bond acceptors (Lipinski definition) is 2. The number of hydrogen-bond donors (Lipinski definition) is 1. The lowest BCUT2D eigenvalue weighted by Crippen LogP contribution is -2.30. The van der Waals surface area contributed by atoms with Gasteiger partial charge in [-0.1, -0.05) is 23.7 Å². The van der Waals surface area contributed by atoms with E-state index in [1.54, 1.807) is 18.3 Å². The number of aromatic nitrogens is 2. The molecule has 1 aromatic carbocycles. The Hall–Kier alpha value is -2.17. The van der Waals surface area contributed by atoms with Crippen molar-refractivity contribution in [1.82, 2.24) is 14.9 Å². The molecule has 1 aliphatic rings. The van der Waals surface area contributed by atoms with Gasteiger partial charge in [0.25, 0.3) is 0 Å². The molecule has 0 saturated carbocycles. The highest BCUT2D eigenvalue weighted by molar-refractivity contribution is 6.31. The third-order valence-electron chi connectivity index (χ3n) is 4.83. The van der Waals surface area contributed by atoms with Crippen molar-refractivity contribution in [3.63, 3.8) is 0 Å². The Labute approximate surface area is 151 Å². The fraction of sp³-hybridized carbons (Fsp3) is 0.250. The summed E-state index contributed by atoms with van der Waals surface area (Å²) in [6.45, 7) is 2.64. The molecule has 0 atom stereocenters. The summed E-state index contributed by atoms with van der Waals surface area (Å²) in [5.41, 5.74) is 4.12. The number of fused-ring (bicyclic) bond motifs is 1. The van der Waals surface area contributed by atoms with Crippen molar-refractivity contribution in [3.8, 4) is 0 Å².